The number of rotatable bonds is 5. The first-order chi connectivity index (χ1) is 10.7. The SMILES string of the molecule is CCC(CC)c1nc2cc(C)cnc2n1CC1CCNCC1. The molecule has 3 heterocycles. The van der Waals surface area contributed by atoms with Gasteiger partial charge >= 0.3 is 0 Å². The second-order valence-corrected chi connectivity index (χ2v) is 6.64. The molecule has 2 aromatic rings. The van der Waals surface area contributed by atoms with E-state index in [9.17, 15) is 0 Å². The molecule has 0 bridgehead atoms. The molecule has 4 nitrogen and oxygen atoms in total. The fourth-order valence-corrected chi connectivity index (χ4v) is 3.60. The summed E-state index contributed by atoms with van der Waals surface area (Å²) >= 11 is 0. The number of imidazole rings is 1. The van der Waals surface area contributed by atoms with Crippen molar-refractivity contribution in [1.82, 2.24) is 19.9 Å². The van der Waals surface area contributed by atoms with Gasteiger partial charge in [0.15, 0.2) is 5.65 Å². The van der Waals surface area contributed by atoms with Crippen LogP contribution in [-0.2, 0) is 6.54 Å². The molecule has 1 saturated heterocycles. The highest BCUT2D eigenvalue weighted by Gasteiger charge is 2.22. The number of hydrogen-bond donors (Lipinski definition) is 1. The van der Waals surface area contributed by atoms with E-state index in [1.165, 1.54) is 24.2 Å². The number of hydrogen-bond acceptors (Lipinski definition) is 3. The van der Waals surface area contributed by atoms with Crippen LogP contribution in [0.25, 0.3) is 11.2 Å². The van der Waals surface area contributed by atoms with E-state index < -0.39 is 0 Å². The minimum absolute atomic E-state index is 0.538. The monoisotopic (exact) mass is 300 g/mol. The molecule has 120 valence electrons. The predicted molar refractivity (Wildman–Crippen MR) is 91.2 cm³/mol. The normalized spacial score (nSPS) is 16.7. The molecule has 0 saturated carbocycles. The van der Waals surface area contributed by atoms with Crippen LogP contribution in [0.5, 0.6) is 0 Å². The van der Waals surface area contributed by atoms with E-state index >= 15 is 0 Å². The van der Waals surface area contributed by atoms with Crippen molar-refractivity contribution in [2.75, 3.05) is 13.1 Å². The summed E-state index contributed by atoms with van der Waals surface area (Å²) in [5.74, 6) is 2.53. The van der Waals surface area contributed by atoms with Gasteiger partial charge in [-0.2, -0.15) is 0 Å². The Kier molecular flexibility index (Phi) is 4.77. The maximum absolute atomic E-state index is 4.97. The average molecular weight is 300 g/mol. The lowest BCUT2D eigenvalue weighted by atomic mass is 9.97. The number of piperidine rings is 1. The zero-order valence-corrected chi connectivity index (χ0v) is 14.1. The summed E-state index contributed by atoms with van der Waals surface area (Å²) in [4.78, 5) is 9.67. The molecule has 1 fully saturated rings. The highest BCUT2D eigenvalue weighted by Crippen LogP contribution is 2.28. The van der Waals surface area contributed by atoms with E-state index in [-0.39, 0.29) is 0 Å². The molecule has 0 unspecified atom stereocenters. The second kappa shape index (κ2) is 6.78. The van der Waals surface area contributed by atoms with E-state index in [1.54, 1.807) is 0 Å². The molecule has 0 amide bonds. The van der Waals surface area contributed by atoms with Gasteiger partial charge in [-0.1, -0.05) is 13.8 Å². The highest BCUT2D eigenvalue weighted by atomic mass is 15.1. The van der Waals surface area contributed by atoms with E-state index in [0.29, 0.717) is 5.92 Å². The van der Waals surface area contributed by atoms with Crippen LogP contribution >= 0.6 is 0 Å². The molecule has 2 aromatic heterocycles. The maximum atomic E-state index is 4.97. The lowest BCUT2D eigenvalue weighted by Gasteiger charge is -2.25. The summed E-state index contributed by atoms with van der Waals surface area (Å²) < 4.78 is 2.42. The molecule has 0 aromatic carbocycles. The van der Waals surface area contributed by atoms with E-state index in [1.807, 2.05) is 6.20 Å². The number of aryl methyl sites for hydroxylation is 1. The van der Waals surface area contributed by atoms with Gasteiger partial charge in [0, 0.05) is 18.7 Å². The molecular formula is C18H28N4. The van der Waals surface area contributed by atoms with Crippen LogP contribution in [-0.4, -0.2) is 27.6 Å². The van der Waals surface area contributed by atoms with Crippen molar-refractivity contribution in [3.8, 4) is 0 Å². The molecule has 0 aliphatic carbocycles. The van der Waals surface area contributed by atoms with Crippen LogP contribution in [0.2, 0.25) is 0 Å². The van der Waals surface area contributed by atoms with Gasteiger partial charge in [-0.25, -0.2) is 9.97 Å². The summed E-state index contributed by atoms with van der Waals surface area (Å²) in [6.45, 7) is 9.98. The third kappa shape index (κ3) is 3.02. The largest absolute Gasteiger partial charge is 0.317 e. The summed E-state index contributed by atoms with van der Waals surface area (Å²) in [5.41, 5.74) is 3.33. The molecular weight excluding hydrogens is 272 g/mol. The lowest BCUT2D eigenvalue weighted by Crippen LogP contribution is -2.30. The average Bonchev–Trinajstić information content (AvgIpc) is 2.87. The van der Waals surface area contributed by atoms with Gasteiger partial charge in [-0.3, -0.25) is 0 Å². The Morgan fingerprint density at radius 1 is 1.27 bits per heavy atom. The Morgan fingerprint density at radius 2 is 2.00 bits per heavy atom. The van der Waals surface area contributed by atoms with Crippen LogP contribution in [0.4, 0.5) is 0 Å². The van der Waals surface area contributed by atoms with Gasteiger partial charge in [0.25, 0.3) is 0 Å². The molecule has 1 N–H and O–H groups in total. The van der Waals surface area contributed by atoms with Crippen molar-refractivity contribution in [3.63, 3.8) is 0 Å². The molecule has 4 heteroatoms. The Morgan fingerprint density at radius 3 is 2.68 bits per heavy atom. The maximum Gasteiger partial charge on any atom is 0.160 e. The first kappa shape index (κ1) is 15.5. The van der Waals surface area contributed by atoms with Gasteiger partial charge in [0.1, 0.15) is 11.3 Å². The third-order valence-corrected chi connectivity index (χ3v) is 5.00. The smallest absolute Gasteiger partial charge is 0.160 e. The van der Waals surface area contributed by atoms with Crippen LogP contribution in [0.1, 0.15) is 56.8 Å². The first-order valence-corrected chi connectivity index (χ1v) is 8.76. The van der Waals surface area contributed by atoms with Gasteiger partial charge < -0.3 is 9.88 Å². The number of nitrogens with one attached hydrogen (secondary N) is 1. The Labute approximate surface area is 133 Å². The zero-order chi connectivity index (χ0) is 15.5. The lowest BCUT2D eigenvalue weighted by molar-refractivity contribution is 0.329. The minimum atomic E-state index is 0.538. The number of aromatic nitrogens is 3. The van der Waals surface area contributed by atoms with Crippen LogP contribution in [0.3, 0.4) is 0 Å². The van der Waals surface area contributed by atoms with Crippen molar-refractivity contribution in [2.24, 2.45) is 5.92 Å². The molecule has 22 heavy (non-hydrogen) atoms. The van der Waals surface area contributed by atoms with Gasteiger partial charge in [-0.05, 0) is 63.2 Å². The summed E-state index contributed by atoms with van der Waals surface area (Å²) in [6, 6.07) is 2.17. The van der Waals surface area contributed by atoms with Crippen LogP contribution < -0.4 is 5.32 Å². The van der Waals surface area contributed by atoms with Crippen molar-refractivity contribution in [2.45, 2.75) is 58.9 Å². The van der Waals surface area contributed by atoms with Gasteiger partial charge in [0.05, 0.1) is 0 Å². The standard InChI is InChI=1S/C18H28N4/c1-4-15(5-2)17-21-16-10-13(3)11-20-18(16)22(17)12-14-6-8-19-9-7-14/h10-11,14-15,19H,4-9,12H2,1-3H3. The number of nitrogens with zero attached hydrogens (tertiary/aromatic N) is 3. The summed E-state index contributed by atoms with van der Waals surface area (Å²) in [5, 5.41) is 3.46. The Balaban J connectivity index is 2.01. The molecule has 0 atom stereocenters. The Hall–Kier alpha value is -1.42. The topological polar surface area (TPSA) is 42.7 Å². The first-order valence-electron chi connectivity index (χ1n) is 8.76. The van der Waals surface area contributed by atoms with E-state index in [4.69, 9.17) is 9.97 Å². The molecule has 0 radical (unpaired) electrons. The van der Waals surface area contributed by atoms with Crippen LogP contribution in [0.15, 0.2) is 12.3 Å². The Bertz CT molecular complexity index is 621. The third-order valence-electron chi connectivity index (χ3n) is 5.00. The second-order valence-electron chi connectivity index (χ2n) is 6.64. The molecule has 1 aliphatic rings. The summed E-state index contributed by atoms with van der Waals surface area (Å²) in [7, 11) is 0. The minimum Gasteiger partial charge on any atom is -0.317 e. The van der Waals surface area contributed by atoms with Gasteiger partial charge in [0.2, 0.25) is 0 Å². The fraction of sp³-hybridized carbons (Fsp3) is 0.667. The van der Waals surface area contributed by atoms with Crippen molar-refractivity contribution >= 4 is 11.2 Å². The van der Waals surface area contributed by atoms with Crippen molar-refractivity contribution in [3.05, 3.63) is 23.7 Å². The highest BCUT2D eigenvalue weighted by molar-refractivity contribution is 5.72. The fourth-order valence-electron chi connectivity index (χ4n) is 3.60. The quantitative estimate of drug-likeness (QED) is 0.916. The zero-order valence-electron chi connectivity index (χ0n) is 14.1. The van der Waals surface area contributed by atoms with E-state index in [2.05, 4.69) is 36.7 Å². The molecule has 3 rings (SSSR count). The number of fused-ring (bicyclic) bond motifs is 1. The van der Waals surface area contributed by atoms with E-state index in [0.717, 1.165) is 49.6 Å². The number of pyridine rings is 1. The van der Waals surface area contributed by atoms with Gasteiger partial charge in [-0.15, -0.1) is 0 Å². The predicted octanol–water partition coefficient (Wildman–Crippen LogP) is 3.64. The molecule has 0 spiro atoms. The van der Waals surface area contributed by atoms with Crippen molar-refractivity contribution < 1.29 is 0 Å². The summed E-state index contributed by atoms with van der Waals surface area (Å²) in [6.07, 6.45) is 6.78. The van der Waals surface area contributed by atoms with Crippen molar-refractivity contribution in [1.29, 1.82) is 0 Å². The molecule has 1 aliphatic heterocycles. The van der Waals surface area contributed by atoms with Crippen LogP contribution in [0, 0.1) is 12.8 Å².